The molecule has 4 heteroatoms. The van der Waals surface area contributed by atoms with Crippen LogP contribution in [0.5, 0.6) is 0 Å². The number of halogens is 1. The summed E-state index contributed by atoms with van der Waals surface area (Å²) in [5.41, 5.74) is 2.24. The highest BCUT2D eigenvalue weighted by atomic mass is 35.5. The van der Waals surface area contributed by atoms with Gasteiger partial charge in [-0.05, 0) is 37.0 Å². The molecule has 118 valence electrons. The highest BCUT2D eigenvalue weighted by Crippen LogP contribution is 2.26. The normalized spacial score (nSPS) is 19.6. The highest BCUT2D eigenvalue weighted by Gasteiger charge is 2.20. The van der Waals surface area contributed by atoms with Crippen LogP contribution in [0, 0.1) is 0 Å². The predicted octanol–water partition coefficient (Wildman–Crippen LogP) is 4.12. The van der Waals surface area contributed by atoms with Crippen LogP contribution in [0.3, 0.4) is 0 Å². The Bertz CT molecular complexity index is 464. The molecule has 1 aliphatic heterocycles. The van der Waals surface area contributed by atoms with Crippen molar-refractivity contribution < 1.29 is 4.74 Å². The predicted molar refractivity (Wildman–Crippen MR) is 89.4 cm³/mol. The van der Waals surface area contributed by atoms with Crippen molar-refractivity contribution in [2.75, 3.05) is 25.1 Å². The monoisotopic (exact) mass is 310 g/mol. The van der Waals surface area contributed by atoms with Gasteiger partial charge in [0.05, 0.1) is 6.10 Å². The zero-order valence-electron chi connectivity index (χ0n) is 13.7. The summed E-state index contributed by atoms with van der Waals surface area (Å²) in [6, 6.07) is 4.20. The van der Waals surface area contributed by atoms with Gasteiger partial charge in [-0.15, -0.1) is 11.6 Å². The number of anilines is 1. The van der Waals surface area contributed by atoms with Gasteiger partial charge in [0.1, 0.15) is 5.82 Å². The molecular weight excluding hydrogens is 284 g/mol. The van der Waals surface area contributed by atoms with Crippen molar-refractivity contribution in [1.82, 2.24) is 4.98 Å². The highest BCUT2D eigenvalue weighted by molar-refractivity contribution is 6.17. The van der Waals surface area contributed by atoms with E-state index < -0.39 is 0 Å². The zero-order chi connectivity index (χ0) is 15.5. The van der Waals surface area contributed by atoms with E-state index in [0.717, 1.165) is 36.6 Å². The molecule has 1 fully saturated rings. The number of likely N-dealkylation sites (N-methyl/N-ethyl adjacent to an activating group) is 1. The standard InChI is InChI=1S/C17H27ClN2O/c1-17(2,3)15-9-13(11-18)10-16(19-15)20(4)12-14-7-5-6-8-21-14/h9-10,14H,5-8,11-12H2,1-4H3. The minimum atomic E-state index is 0.0268. The second kappa shape index (κ2) is 6.97. The van der Waals surface area contributed by atoms with E-state index in [1.165, 1.54) is 12.8 Å². The molecule has 21 heavy (non-hydrogen) atoms. The van der Waals surface area contributed by atoms with Crippen LogP contribution in [0.2, 0.25) is 0 Å². The van der Waals surface area contributed by atoms with Crippen LogP contribution < -0.4 is 4.90 Å². The summed E-state index contributed by atoms with van der Waals surface area (Å²) < 4.78 is 5.83. The Morgan fingerprint density at radius 1 is 1.33 bits per heavy atom. The van der Waals surface area contributed by atoms with E-state index in [4.69, 9.17) is 21.3 Å². The molecule has 0 spiro atoms. The zero-order valence-corrected chi connectivity index (χ0v) is 14.4. The SMILES string of the molecule is CN(CC1CCCCO1)c1cc(CCl)cc(C(C)(C)C)n1. The molecule has 3 nitrogen and oxygen atoms in total. The second-order valence-electron chi connectivity index (χ2n) is 6.97. The molecule has 2 heterocycles. The van der Waals surface area contributed by atoms with Gasteiger partial charge >= 0.3 is 0 Å². The Morgan fingerprint density at radius 3 is 2.67 bits per heavy atom. The maximum absolute atomic E-state index is 6.05. The molecule has 1 aliphatic rings. The summed E-state index contributed by atoms with van der Waals surface area (Å²) in [6.07, 6.45) is 3.92. The fourth-order valence-corrected chi connectivity index (χ4v) is 2.73. The molecule has 1 atom stereocenters. The Labute approximate surface area is 133 Å². The summed E-state index contributed by atoms with van der Waals surface area (Å²) in [7, 11) is 2.09. The van der Waals surface area contributed by atoms with Crippen molar-refractivity contribution in [1.29, 1.82) is 0 Å². The number of ether oxygens (including phenoxy) is 1. The van der Waals surface area contributed by atoms with Crippen molar-refractivity contribution in [3.63, 3.8) is 0 Å². The molecule has 1 aromatic rings. The van der Waals surface area contributed by atoms with E-state index in [9.17, 15) is 0 Å². The third-order valence-corrected chi connectivity index (χ3v) is 4.25. The first kappa shape index (κ1) is 16.6. The average molecular weight is 311 g/mol. The van der Waals surface area contributed by atoms with Gasteiger partial charge in [-0.3, -0.25) is 0 Å². The molecule has 0 N–H and O–H groups in total. The van der Waals surface area contributed by atoms with Crippen LogP contribution in [0.15, 0.2) is 12.1 Å². The van der Waals surface area contributed by atoms with Gasteiger partial charge in [-0.1, -0.05) is 20.8 Å². The van der Waals surface area contributed by atoms with Crippen molar-refractivity contribution in [3.8, 4) is 0 Å². The van der Waals surface area contributed by atoms with E-state index in [1.54, 1.807) is 0 Å². The summed E-state index contributed by atoms with van der Waals surface area (Å²) >= 11 is 6.05. The van der Waals surface area contributed by atoms with Gasteiger partial charge < -0.3 is 9.64 Å². The average Bonchev–Trinajstić information content (AvgIpc) is 2.46. The maximum Gasteiger partial charge on any atom is 0.128 e. The van der Waals surface area contributed by atoms with Gasteiger partial charge in [0, 0.05) is 37.2 Å². The molecule has 0 radical (unpaired) electrons. The van der Waals surface area contributed by atoms with Gasteiger partial charge in [0.2, 0.25) is 0 Å². The van der Waals surface area contributed by atoms with E-state index in [0.29, 0.717) is 12.0 Å². The molecular formula is C17H27ClN2O. The minimum absolute atomic E-state index is 0.0268. The first-order valence-electron chi connectivity index (χ1n) is 7.80. The lowest BCUT2D eigenvalue weighted by molar-refractivity contribution is 0.0215. The Kier molecular flexibility index (Phi) is 5.50. The largest absolute Gasteiger partial charge is 0.376 e. The first-order valence-corrected chi connectivity index (χ1v) is 8.34. The lowest BCUT2D eigenvalue weighted by atomic mass is 9.91. The van der Waals surface area contributed by atoms with Gasteiger partial charge in [-0.25, -0.2) is 4.98 Å². The van der Waals surface area contributed by atoms with Crippen LogP contribution in [0.25, 0.3) is 0 Å². The Hall–Kier alpha value is -0.800. The van der Waals surface area contributed by atoms with Crippen LogP contribution in [-0.4, -0.2) is 31.3 Å². The Morgan fingerprint density at radius 2 is 2.10 bits per heavy atom. The van der Waals surface area contributed by atoms with Gasteiger partial charge in [0.25, 0.3) is 0 Å². The lowest BCUT2D eigenvalue weighted by Gasteiger charge is -2.29. The quantitative estimate of drug-likeness (QED) is 0.782. The number of hydrogen-bond acceptors (Lipinski definition) is 3. The van der Waals surface area contributed by atoms with E-state index >= 15 is 0 Å². The Balaban J connectivity index is 2.17. The molecule has 1 unspecified atom stereocenters. The molecule has 1 saturated heterocycles. The molecule has 0 aliphatic carbocycles. The van der Waals surface area contributed by atoms with Crippen molar-refractivity contribution in [2.45, 2.75) is 57.4 Å². The van der Waals surface area contributed by atoms with Crippen LogP contribution in [0.4, 0.5) is 5.82 Å². The fraction of sp³-hybridized carbons (Fsp3) is 0.706. The van der Waals surface area contributed by atoms with E-state index in [-0.39, 0.29) is 5.41 Å². The van der Waals surface area contributed by atoms with Crippen LogP contribution >= 0.6 is 11.6 Å². The van der Waals surface area contributed by atoms with Crippen molar-refractivity contribution >= 4 is 17.4 Å². The van der Waals surface area contributed by atoms with E-state index in [1.807, 2.05) is 0 Å². The smallest absolute Gasteiger partial charge is 0.128 e. The van der Waals surface area contributed by atoms with Crippen LogP contribution in [-0.2, 0) is 16.0 Å². The van der Waals surface area contributed by atoms with Gasteiger partial charge in [0.15, 0.2) is 0 Å². The second-order valence-corrected chi connectivity index (χ2v) is 7.24. The number of alkyl halides is 1. The molecule has 2 rings (SSSR count). The van der Waals surface area contributed by atoms with E-state index in [2.05, 4.69) is 44.9 Å². The van der Waals surface area contributed by atoms with Crippen molar-refractivity contribution in [2.24, 2.45) is 0 Å². The molecule has 0 bridgehead atoms. The summed E-state index contributed by atoms with van der Waals surface area (Å²) in [4.78, 5) is 7.03. The molecule has 0 amide bonds. The minimum Gasteiger partial charge on any atom is -0.376 e. The number of nitrogens with zero attached hydrogens (tertiary/aromatic N) is 2. The summed E-state index contributed by atoms with van der Waals surface area (Å²) in [6.45, 7) is 8.33. The number of pyridine rings is 1. The third kappa shape index (κ3) is 4.58. The van der Waals surface area contributed by atoms with Crippen molar-refractivity contribution in [3.05, 3.63) is 23.4 Å². The third-order valence-electron chi connectivity index (χ3n) is 3.94. The molecule has 0 saturated carbocycles. The number of aromatic nitrogens is 1. The molecule has 0 aromatic carbocycles. The number of hydrogen-bond donors (Lipinski definition) is 0. The lowest BCUT2D eigenvalue weighted by Crippen LogP contribution is -2.34. The first-order chi connectivity index (χ1) is 9.90. The fourth-order valence-electron chi connectivity index (χ4n) is 2.58. The summed E-state index contributed by atoms with van der Waals surface area (Å²) in [5.74, 6) is 1.51. The maximum atomic E-state index is 6.05. The topological polar surface area (TPSA) is 25.4 Å². The van der Waals surface area contributed by atoms with Crippen LogP contribution in [0.1, 0.15) is 51.3 Å². The van der Waals surface area contributed by atoms with Gasteiger partial charge in [-0.2, -0.15) is 0 Å². The number of rotatable bonds is 4. The molecule has 1 aromatic heterocycles. The summed E-state index contributed by atoms with van der Waals surface area (Å²) in [5, 5.41) is 0.